The fraction of sp³-hybridized carbons (Fsp3) is 0.333. The fourth-order valence-electron chi connectivity index (χ4n) is 3.44. The summed E-state index contributed by atoms with van der Waals surface area (Å²) < 4.78 is 13.1. The molecule has 0 atom stereocenters. The molecule has 2 N–H and O–H groups in total. The second kappa shape index (κ2) is 8.50. The molecule has 146 valence electrons. The van der Waals surface area contributed by atoms with Crippen LogP contribution in [0.15, 0.2) is 48.5 Å². The van der Waals surface area contributed by atoms with E-state index in [2.05, 4.69) is 15.1 Å². The topological polar surface area (TPSA) is 64.5 Å². The highest BCUT2D eigenvalue weighted by Crippen LogP contribution is 2.24. The van der Waals surface area contributed by atoms with Gasteiger partial charge < -0.3 is 15.3 Å². The summed E-state index contributed by atoms with van der Waals surface area (Å²) in [7, 11) is 0. The van der Waals surface area contributed by atoms with Crippen LogP contribution in [-0.4, -0.2) is 59.3 Å². The van der Waals surface area contributed by atoms with E-state index in [-0.39, 0.29) is 12.4 Å². The average molecular weight is 381 g/mol. The van der Waals surface area contributed by atoms with E-state index < -0.39 is 0 Å². The van der Waals surface area contributed by atoms with E-state index in [9.17, 15) is 4.39 Å². The number of aliphatic hydroxyl groups is 1. The number of β-amino-alcohol motifs (C(OH)–C–C–N with tert-alkyl or cyclic N) is 1. The van der Waals surface area contributed by atoms with Gasteiger partial charge in [0.25, 0.3) is 0 Å². The molecule has 1 aliphatic rings. The number of benzene rings is 2. The van der Waals surface area contributed by atoms with Crippen molar-refractivity contribution in [3.63, 3.8) is 0 Å². The molecule has 2 aromatic carbocycles. The second-order valence-corrected chi connectivity index (χ2v) is 6.92. The number of hydrogen-bond donors (Lipinski definition) is 2. The maximum absolute atomic E-state index is 13.1. The Hall–Kier alpha value is -2.77. The van der Waals surface area contributed by atoms with Gasteiger partial charge in [-0.05, 0) is 29.8 Å². The van der Waals surface area contributed by atoms with Gasteiger partial charge in [0.1, 0.15) is 11.6 Å². The lowest BCUT2D eigenvalue weighted by Gasteiger charge is -2.34. The summed E-state index contributed by atoms with van der Waals surface area (Å²) in [4.78, 5) is 14.0. The Bertz CT molecular complexity index is 926. The van der Waals surface area contributed by atoms with Gasteiger partial charge in [-0.25, -0.2) is 9.37 Å². The van der Waals surface area contributed by atoms with Crippen molar-refractivity contribution in [2.75, 3.05) is 49.5 Å². The molecule has 28 heavy (non-hydrogen) atoms. The van der Waals surface area contributed by atoms with E-state index in [4.69, 9.17) is 15.1 Å². The summed E-state index contributed by atoms with van der Waals surface area (Å²) in [5.74, 6) is 1.26. The zero-order valence-electron chi connectivity index (χ0n) is 15.7. The molecule has 0 unspecified atom stereocenters. The third kappa shape index (κ3) is 4.21. The van der Waals surface area contributed by atoms with Gasteiger partial charge in [0.2, 0.25) is 5.95 Å². The van der Waals surface area contributed by atoms with E-state index in [1.54, 1.807) is 12.1 Å². The minimum atomic E-state index is -0.237. The van der Waals surface area contributed by atoms with Crippen molar-refractivity contribution in [2.45, 2.75) is 6.54 Å². The Kier molecular flexibility index (Phi) is 5.64. The summed E-state index contributed by atoms with van der Waals surface area (Å²) in [6.45, 7) is 4.88. The molecule has 1 aliphatic heterocycles. The monoisotopic (exact) mass is 381 g/mol. The summed E-state index contributed by atoms with van der Waals surface area (Å²) >= 11 is 0. The fourth-order valence-corrected chi connectivity index (χ4v) is 3.44. The number of hydrogen-bond acceptors (Lipinski definition) is 6. The van der Waals surface area contributed by atoms with Crippen molar-refractivity contribution in [1.29, 1.82) is 0 Å². The molecule has 0 saturated carbocycles. The molecule has 0 radical (unpaired) electrons. The van der Waals surface area contributed by atoms with Crippen molar-refractivity contribution in [3.05, 3.63) is 59.9 Å². The SMILES string of the molecule is OCCN1CCN(c2nc(NCc3ccc(F)cc3)c3ccccc3n2)CC1. The van der Waals surface area contributed by atoms with Crippen LogP contribution in [0.1, 0.15) is 5.56 Å². The minimum Gasteiger partial charge on any atom is -0.395 e. The predicted octanol–water partition coefficient (Wildman–Crippen LogP) is 2.50. The molecule has 0 bridgehead atoms. The van der Waals surface area contributed by atoms with Gasteiger partial charge in [0.15, 0.2) is 0 Å². The second-order valence-electron chi connectivity index (χ2n) is 6.92. The van der Waals surface area contributed by atoms with Gasteiger partial charge in [0, 0.05) is 44.7 Å². The lowest BCUT2D eigenvalue weighted by Crippen LogP contribution is -2.47. The largest absolute Gasteiger partial charge is 0.395 e. The Morgan fingerprint density at radius 1 is 0.964 bits per heavy atom. The first-order valence-corrected chi connectivity index (χ1v) is 9.56. The Labute approximate surface area is 163 Å². The first kappa shape index (κ1) is 18.6. The summed E-state index contributed by atoms with van der Waals surface area (Å²) in [6.07, 6.45) is 0. The van der Waals surface area contributed by atoms with Crippen LogP contribution in [0.25, 0.3) is 10.9 Å². The predicted molar refractivity (Wildman–Crippen MR) is 109 cm³/mol. The number of rotatable bonds is 6. The molecule has 4 rings (SSSR count). The maximum Gasteiger partial charge on any atom is 0.227 e. The van der Waals surface area contributed by atoms with Crippen LogP contribution in [0.3, 0.4) is 0 Å². The highest BCUT2D eigenvalue weighted by atomic mass is 19.1. The number of aromatic nitrogens is 2. The first-order chi connectivity index (χ1) is 13.7. The van der Waals surface area contributed by atoms with E-state index in [1.165, 1.54) is 12.1 Å². The third-order valence-electron chi connectivity index (χ3n) is 5.04. The first-order valence-electron chi connectivity index (χ1n) is 9.56. The number of halogens is 1. The molecule has 1 fully saturated rings. The van der Waals surface area contributed by atoms with Crippen molar-refractivity contribution < 1.29 is 9.50 Å². The van der Waals surface area contributed by atoms with Gasteiger partial charge in [-0.15, -0.1) is 0 Å². The van der Waals surface area contributed by atoms with Crippen molar-refractivity contribution in [2.24, 2.45) is 0 Å². The van der Waals surface area contributed by atoms with E-state index in [1.807, 2.05) is 24.3 Å². The van der Waals surface area contributed by atoms with Crippen LogP contribution < -0.4 is 10.2 Å². The molecular weight excluding hydrogens is 357 g/mol. The molecule has 0 aliphatic carbocycles. The maximum atomic E-state index is 13.1. The van der Waals surface area contributed by atoms with E-state index >= 15 is 0 Å². The van der Waals surface area contributed by atoms with Crippen molar-refractivity contribution in [1.82, 2.24) is 14.9 Å². The third-order valence-corrected chi connectivity index (χ3v) is 5.04. The lowest BCUT2D eigenvalue weighted by atomic mass is 10.2. The molecule has 7 heteroatoms. The van der Waals surface area contributed by atoms with Gasteiger partial charge >= 0.3 is 0 Å². The van der Waals surface area contributed by atoms with Crippen LogP contribution in [0.2, 0.25) is 0 Å². The van der Waals surface area contributed by atoms with Crippen LogP contribution in [0, 0.1) is 5.82 Å². The molecule has 1 aromatic heterocycles. The Morgan fingerprint density at radius 2 is 1.71 bits per heavy atom. The molecule has 6 nitrogen and oxygen atoms in total. The van der Waals surface area contributed by atoms with Crippen LogP contribution in [0.4, 0.5) is 16.2 Å². The number of para-hydroxylation sites is 1. The zero-order valence-corrected chi connectivity index (χ0v) is 15.7. The van der Waals surface area contributed by atoms with E-state index in [0.717, 1.165) is 48.5 Å². The molecule has 0 spiro atoms. The average Bonchev–Trinajstić information content (AvgIpc) is 2.74. The van der Waals surface area contributed by atoms with Crippen LogP contribution in [-0.2, 0) is 6.54 Å². The number of anilines is 2. The Balaban J connectivity index is 1.56. The number of fused-ring (bicyclic) bond motifs is 1. The number of nitrogens with zero attached hydrogens (tertiary/aromatic N) is 4. The standard InChI is InChI=1S/C21H24FN5O/c22-17-7-5-16(6-8-17)15-23-20-18-3-1-2-4-19(18)24-21(25-20)27-11-9-26(10-12-27)13-14-28/h1-8,28H,9-15H2,(H,23,24,25). The van der Waals surface area contributed by atoms with Gasteiger partial charge in [0.05, 0.1) is 12.1 Å². The van der Waals surface area contributed by atoms with Gasteiger partial charge in [-0.1, -0.05) is 24.3 Å². The lowest BCUT2D eigenvalue weighted by molar-refractivity contribution is 0.188. The number of nitrogens with one attached hydrogen (secondary N) is 1. The van der Waals surface area contributed by atoms with Crippen LogP contribution >= 0.6 is 0 Å². The normalized spacial score (nSPS) is 15.1. The van der Waals surface area contributed by atoms with Crippen molar-refractivity contribution in [3.8, 4) is 0 Å². The zero-order chi connectivity index (χ0) is 19.3. The highest BCUT2D eigenvalue weighted by molar-refractivity contribution is 5.90. The van der Waals surface area contributed by atoms with Crippen LogP contribution in [0.5, 0.6) is 0 Å². The van der Waals surface area contributed by atoms with Crippen molar-refractivity contribution >= 4 is 22.7 Å². The molecule has 0 amide bonds. The molecule has 3 aromatic rings. The Morgan fingerprint density at radius 3 is 2.46 bits per heavy atom. The minimum absolute atomic E-state index is 0.184. The smallest absolute Gasteiger partial charge is 0.227 e. The molecule has 2 heterocycles. The summed E-state index contributed by atoms with van der Waals surface area (Å²) in [5, 5.41) is 13.5. The molecule has 1 saturated heterocycles. The van der Waals surface area contributed by atoms with E-state index in [0.29, 0.717) is 19.0 Å². The summed E-state index contributed by atoms with van der Waals surface area (Å²) in [6, 6.07) is 14.4. The highest BCUT2D eigenvalue weighted by Gasteiger charge is 2.20. The number of aliphatic hydroxyl groups excluding tert-OH is 1. The van der Waals surface area contributed by atoms with Gasteiger partial charge in [-0.2, -0.15) is 4.98 Å². The van der Waals surface area contributed by atoms with Gasteiger partial charge in [-0.3, -0.25) is 4.90 Å². The quantitative estimate of drug-likeness (QED) is 0.684. The number of piperazine rings is 1. The summed E-state index contributed by atoms with van der Waals surface area (Å²) in [5.41, 5.74) is 1.88. The molecular formula is C21H24FN5O.